The molecule has 0 unspecified atom stereocenters. The summed E-state index contributed by atoms with van der Waals surface area (Å²) in [4.78, 5) is 22.8. The Morgan fingerprint density at radius 2 is 0.574 bits per heavy atom. The average Bonchev–Trinajstić information content (AvgIpc) is 1.48. The number of aromatic amines is 2. The van der Waals surface area contributed by atoms with Gasteiger partial charge in [-0.15, -0.1) is 34.4 Å². The second kappa shape index (κ2) is 37.7. The van der Waals surface area contributed by atoms with Crippen molar-refractivity contribution < 1.29 is 23.4 Å². The third-order valence-electron chi connectivity index (χ3n) is 35.1. The van der Waals surface area contributed by atoms with Crippen LogP contribution in [0.5, 0.6) is 0 Å². The zero-order chi connectivity index (χ0) is 93.3. The van der Waals surface area contributed by atoms with Gasteiger partial charge in [0.1, 0.15) is 33.7 Å². The zero-order valence-electron chi connectivity index (χ0n) is 82.1. The Balaban J connectivity index is 0.000000102. The third-order valence-corrected chi connectivity index (χ3v) is 39.4. The number of thiophene rings is 2. The van der Waals surface area contributed by atoms with Crippen molar-refractivity contribution in [2.45, 2.75) is 222 Å². The fourth-order valence-electron chi connectivity index (χ4n) is 27.0. The largest absolute Gasteiger partial charge is 0.458 e. The fourth-order valence-corrected chi connectivity index (χ4v) is 31.4. The van der Waals surface area contributed by atoms with E-state index < -0.39 is 0 Å². The number of thioether (sulfide) groups is 1. The van der Waals surface area contributed by atoms with Crippen molar-refractivity contribution in [3.05, 3.63) is 355 Å². The van der Waals surface area contributed by atoms with Gasteiger partial charge < -0.3 is 33.3 Å². The number of hydrogen-bond donors (Lipinski definition) is 2. The first-order valence-corrected chi connectivity index (χ1v) is 53.3. The number of hydrogen-bond acceptors (Lipinski definition) is 13. The van der Waals surface area contributed by atoms with E-state index in [4.69, 9.17) is 23.4 Å². The number of nitrogens with zero attached hydrogens (tertiary/aromatic N) is 5. The number of nitrogens with one attached hydrogen (secondary N) is 2. The molecule has 0 bridgehead atoms. The van der Waals surface area contributed by atoms with Crippen LogP contribution in [0.2, 0.25) is 0 Å². The number of rotatable bonds is 10. The summed E-state index contributed by atoms with van der Waals surface area (Å²) >= 11 is 6.15. The SMILES string of the molecule is CN(C)C1(c2ccccc2)CCC2(CC1)OCCc1c2[nH]c2ccccc12.CN(C)C1(c2ccccc2)CCC2(CC1)OCCc1c2oc2ccccc12.CN(C)C1(c2ccccc2)CCC2(CC1)OCCc1c2sc2ccccc12.CN(C)C1(c2ccccc2)CCC2(CC1)SCCc1c2[nH]c2ccccc12.Cc1ccc(C2(N(C)C)CCC3(CC2)OCCc2c3sc3ccccc23)cc1. The molecule has 10 aromatic carbocycles. The summed E-state index contributed by atoms with van der Waals surface area (Å²) in [6.45, 7) is 5.49. The van der Waals surface area contributed by atoms with E-state index in [2.05, 4.69) is 391 Å². The molecule has 136 heavy (non-hydrogen) atoms. The first kappa shape index (κ1) is 93.1. The lowest BCUT2D eigenvalue weighted by atomic mass is 9.68. The lowest BCUT2D eigenvalue weighted by molar-refractivity contribution is -0.122. The number of ether oxygens (including phenoxy) is 4. The summed E-state index contributed by atoms with van der Waals surface area (Å²) in [7, 11) is 22.3. The molecule has 5 aromatic heterocycles. The molecule has 0 atom stereocenters. The predicted molar refractivity (Wildman–Crippen MR) is 566 cm³/mol. The molecule has 0 amide bonds. The molecule has 5 aliphatic carbocycles. The third kappa shape index (κ3) is 16.3. The summed E-state index contributed by atoms with van der Waals surface area (Å²) < 4.78 is 35.6. The standard InChI is InChI=1S/C25H29NOS.C24H28N2O.C24H28N2S.C24H27NO2.C24H27NOS/c1-18-8-10-19(11-9-18)24(26(2)3)13-15-25(16-14-24)23-21(12-17-27-25)20-6-4-5-7-22(20)28-23;2*1-26(2)23(18-8-4-3-5-9-18)13-15-24(16-14-23)22-20(12-17-27-24)19-10-6-7-11-21(19)25-22;2*1-25(2)23(18-8-4-3-5-9-18)13-15-24(16-14-23)22-20(12-17-26-24)19-10-6-7-11-21(19)27-22/h4-11H,12-17H2,1-3H3;2*3-11,25H,12-17H2,1-2H3;2*3-11H,12-17H2,1-2H3. The van der Waals surface area contributed by atoms with Crippen LogP contribution in [-0.2, 0) is 106 Å². The molecule has 706 valence electrons. The van der Waals surface area contributed by atoms with Crippen LogP contribution in [0.25, 0.3) is 52.9 Å². The van der Waals surface area contributed by atoms with Crippen molar-refractivity contribution >= 4 is 87.4 Å². The molecule has 25 rings (SSSR count). The molecule has 10 heterocycles. The van der Waals surface area contributed by atoms with E-state index in [1.807, 2.05) is 22.7 Å². The predicted octanol–water partition coefficient (Wildman–Crippen LogP) is 27.6. The topological polar surface area (TPSA) is 97.8 Å². The molecule has 5 saturated carbocycles. The van der Waals surface area contributed by atoms with Crippen LogP contribution in [0.3, 0.4) is 0 Å². The Bertz CT molecular complexity index is 6020. The Labute approximate surface area is 819 Å². The van der Waals surface area contributed by atoms with Gasteiger partial charge in [0.05, 0.1) is 36.9 Å². The van der Waals surface area contributed by atoms with Gasteiger partial charge in [0.25, 0.3) is 0 Å². The number of aryl methyl sites for hydroxylation is 2. The monoisotopic (exact) mass is 1870 g/mol. The molecule has 15 heteroatoms. The van der Waals surface area contributed by atoms with Crippen molar-refractivity contribution in [1.29, 1.82) is 0 Å². The number of benzene rings is 10. The van der Waals surface area contributed by atoms with E-state index in [0.29, 0.717) is 0 Å². The second-order valence-electron chi connectivity index (χ2n) is 42.2. The normalized spacial score (nSPS) is 27.9. The van der Waals surface area contributed by atoms with Gasteiger partial charge in [-0.3, -0.25) is 24.5 Å². The first-order valence-electron chi connectivity index (χ1n) is 50.7. The van der Waals surface area contributed by atoms with E-state index in [0.717, 1.165) is 166 Å². The highest BCUT2D eigenvalue weighted by Gasteiger charge is 2.56. The Kier molecular flexibility index (Phi) is 25.8. The van der Waals surface area contributed by atoms with Gasteiger partial charge in [-0.05, 0) is 335 Å². The van der Waals surface area contributed by atoms with Crippen LogP contribution in [0, 0.1) is 6.92 Å². The van der Waals surface area contributed by atoms with Crippen molar-refractivity contribution in [1.82, 2.24) is 34.5 Å². The quantitative estimate of drug-likeness (QED) is 0.137. The number of fused-ring (bicyclic) bond motifs is 20. The lowest BCUT2D eigenvalue weighted by Gasteiger charge is -2.50. The zero-order valence-corrected chi connectivity index (χ0v) is 84.6. The van der Waals surface area contributed by atoms with Crippen LogP contribution in [0.15, 0.2) is 271 Å². The summed E-state index contributed by atoms with van der Waals surface area (Å²) in [6.07, 6.45) is 27.6. The molecule has 15 aromatic rings. The molecule has 5 spiro atoms. The Morgan fingerprint density at radius 3 is 0.993 bits per heavy atom. The number of furan rings is 1. The molecule has 5 aliphatic heterocycles. The summed E-state index contributed by atoms with van der Waals surface area (Å²) in [5.41, 5.74) is 22.5. The molecule has 5 fully saturated rings. The Hall–Kier alpha value is -9.27. The lowest BCUT2D eigenvalue weighted by Crippen LogP contribution is -2.50. The molecule has 10 aliphatic rings. The van der Waals surface area contributed by atoms with Gasteiger partial charge in [0.15, 0.2) is 0 Å². The maximum atomic E-state index is 6.58. The molecule has 12 nitrogen and oxygen atoms in total. The summed E-state index contributed by atoms with van der Waals surface area (Å²) in [5.74, 6) is 2.34. The van der Waals surface area contributed by atoms with Crippen LogP contribution < -0.4 is 0 Å². The average molecular weight is 1870 g/mol. The number of aromatic nitrogens is 2. The van der Waals surface area contributed by atoms with Gasteiger partial charge in [0.2, 0.25) is 0 Å². The van der Waals surface area contributed by atoms with Crippen molar-refractivity contribution in [3.8, 4) is 0 Å². The van der Waals surface area contributed by atoms with E-state index >= 15 is 0 Å². The number of para-hydroxylation sites is 3. The van der Waals surface area contributed by atoms with Crippen LogP contribution >= 0.6 is 34.4 Å². The molecule has 0 saturated heterocycles. The summed E-state index contributed by atoms with van der Waals surface area (Å²) in [6, 6.07) is 97.1. The fraction of sp³-hybridized carbons (Fsp3) is 0.421. The Morgan fingerprint density at radius 1 is 0.265 bits per heavy atom. The highest BCUT2D eigenvalue weighted by Crippen LogP contribution is 2.62. The molecular weight excluding hydrogens is 1730 g/mol. The van der Waals surface area contributed by atoms with Gasteiger partial charge in [-0.25, -0.2) is 0 Å². The highest BCUT2D eigenvalue weighted by molar-refractivity contribution is 8.00. The summed E-state index contributed by atoms with van der Waals surface area (Å²) in [5, 5.41) is 6.99. The van der Waals surface area contributed by atoms with Crippen molar-refractivity contribution in [2.75, 3.05) is 103 Å². The second-order valence-corrected chi connectivity index (χ2v) is 45.8. The van der Waals surface area contributed by atoms with Crippen LogP contribution in [0.4, 0.5) is 0 Å². The van der Waals surface area contributed by atoms with E-state index in [1.54, 1.807) is 16.7 Å². The van der Waals surface area contributed by atoms with Gasteiger partial charge >= 0.3 is 0 Å². The van der Waals surface area contributed by atoms with E-state index in [1.165, 1.54) is 151 Å². The molecular formula is C121H139N7O5S3. The van der Waals surface area contributed by atoms with Gasteiger partial charge in [0, 0.05) is 85.3 Å². The minimum atomic E-state index is -0.263. The highest BCUT2D eigenvalue weighted by atomic mass is 32.2. The molecule has 0 radical (unpaired) electrons. The maximum absolute atomic E-state index is 6.58. The maximum Gasteiger partial charge on any atom is 0.140 e. The first-order chi connectivity index (χ1) is 66.1. The smallest absolute Gasteiger partial charge is 0.140 e. The van der Waals surface area contributed by atoms with Gasteiger partial charge in [-0.1, -0.05) is 242 Å². The van der Waals surface area contributed by atoms with Crippen LogP contribution in [-0.4, -0.2) is 137 Å². The van der Waals surface area contributed by atoms with E-state index in [-0.39, 0.29) is 54.8 Å². The number of H-pyrrole nitrogens is 2. The molecule has 2 N–H and O–H groups in total. The minimum absolute atomic E-state index is 0.0689. The van der Waals surface area contributed by atoms with Crippen molar-refractivity contribution in [3.63, 3.8) is 0 Å². The van der Waals surface area contributed by atoms with Crippen molar-refractivity contribution in [2.24, 2.45) is 0 Å². The van der Waals surface area contributed by atoms with E-state index in [9.17, 15) is 0 Å². The van der Waals surface area contributed by atoms with Crippen LogP contribution in [0.1, 0.15) is 217 Å². The minimum Gasteiger partial charge on any atom is -0.458 e. The van der Waals surface area contributed by atoms with Gasteiger partial charge in [-0.2, -0.15) is 0 Å².